The van der Waals surface area contributed by atoms with Crippen LogP contribution in [0.3, 0.4) is 0 Å². The molecule has 5 aromatic carbocycles. The number of aliphatic hydroxyl groups excluding tert-OH is 2. The van der Waals surface area contributed by atoms with E-state index in [2.05, 4.69) is 34.0 Å². The highest BCUT2D eigenvalue weighted by atomic mass is 36.0. The van der Waals surface area contributed by atoms with Crippen molar-refractivity contribution in [1.82, 2.24) is 0 Å². The third-order valence-corrected chi connectivity index (χ3v) is 13.3. The zero-order valence-corrected chi connectivity index (χ0v) is 59.7. The fourth-order valence-corrected chi connectivity index (χ4v) is 7.46. The topological polar surface area (TPSA) is 275 Å². The second kappa shape index (κ2) is 64.9. The molecule has 26 heteroatoms. The zero-order valence-electron chi connectivity index (χ0n) is 52.5. The number of carbonyl (C=O) groups excluding carboxylic acids is 6. The summed E-state index contributed by atoms with van der Waals surface area (Å²) in [6, 6.07) is 37.7. The summed E-state index contributed by atoms with van der Waals surface area (Å²) in [6.45, 7) is 9.96. The van der Waals surface area contributed by atoms with E-state index in [9.17, 15) is 33.6 Å². The minimum atomic E-state index is -1.67. The van der Waals surface area contributed by atoms with E-state index >= 15 is 0 Å². The van der Waals surface area contributed by atoms with Gasteiger partial charge < -0.3 is 44.5 Å². The third kappa shape index (κ3) is 64.0. The molecule has 5 N–H and O–H groups in total. The van der Waals surface area contributed by atoms with Gasteiger partial charge in [0.1, 0.15) is 30.5 Å². The van der Waals surface area contributed by atoms with Gasteiger partial charge in [0, 0.05) is 62.6 Å². The van der Waals surface area contributed by atoms with Crippen molar-refractivity contribution < 1.29 is 82.3 Å². The molecule has 0 aliphatic carbocycles. The van der Waals surface area contributed by atoms with Crippen LogP contribution >= 0.6 is 69.0 Å². The van der Waals surface area contributed by atoms with Gasteiger partial charge in [0.15, 0.2) is 5.78 Å². The minimum absolute atomic E-state index is 0. The number of ether oxygens (including phenoxy) is 5. The van der Waals surface area contributed by atoms with E-state index in [1.54, 1.807) is 103 Å². The molecular formula is C68H84Cl4O17S5. The smallest absolute Gasteiger partial charge is 0.330 e. The number of carboxylic acid groups (broad SMARTS) is 1. The molecule has 5 aromatic rings. The molecule has 0 aliphatic rings. The van der Waals surface area contributed by atoms with Crippen LogP contribution in [0.1, 0.15) is 67.1 Å². The predicted molar refractivity (Wildman–Crippen MR) is 398 cm³/mol. The Morgan fingerprint density at radius 1 is 0.532 bits per heavy atom. The Balaban J connectivity index is -0.000000331. The molecule has 0 radical (unpaired) electrons. The van der Waals surface area contributed by atoms with Gasteiger partial charge in [-0.15, -0.1) is 9.45 Å². The number of esters is 2. The maximum atomic E-state index is 11.4. The summed E-state index contributed by atoms with van der Waals surface area (Å²) in [5, 5.41) is 24.1. The molecule has 0 fully saturated rings. The monoisotopic (exact) mass is 1470 g/mol. The number of ketones is 1. The molecule has 0 saturated heterocycles. The van der Waals surface area contributed by atoms with E-state index in [1.165, 1.54) is 47.6 Å². The summed E-state index contributed by atoms with van der Waals surface area (Å²) in [5.41, 5.74) is 7.09. The van der Waals surface area contributed by atoms with Gasteiger partial charge in [-0.05, 0) is 165 Å². The molecular weight excluding hydrogens is 1390 g/mol. The van der Waals surface area contributed by atoms with Crippen LogP contribution in [0, 0.1) is 13.8 Å². The van der Waals surface area contributed by atoms with Gasteiger partial charge in [0.25, 0.3) is 0 Å². The second-order valence-electron chi connectivity index (χ2n) is 17.1. The number of benzene rings is 5. The molecule has 17 nitrogen and oxygen atoms in total. The van der Waals surface area contributed by atoms with Gasteiger partial charge in [-0.2, -0.15) is 12.6 Å². The highest BCUT2D eigenvalue weighted by Crippen LogP contribution is 2.15. The number of halogens is 4. The first-order valence-electron chi connectivity index (χ1n) is 27.1. The highest BCUT2D eigenvalue weighted by Gasteiger charge is 2.01. The number of carboxylic acids is 1. The quantitative estimate of drug-likeness (QED) is 0.0147. The number of hydrogen-bond donors (Lipinski definition) is 4. The molecule has 0 aromatic heterocycles. The van der Waals surface area contributed by atoms with Crippen LogP contribution < -0.4 is 14.2 Å². The van der Waals surface area contributed by atoms with Gasteiger partial charge in [0.05, 0.1) is 34.5 Å². The lowest BCUT2D eigenvalue weighted by molar-refractivity contribution is -0.137. The number of thioether (sulfide) groups is 1. The van der Waals surface area contributed by atoms with E-state index in [-0.39, 0.29) is 59.0 Å². The van der Waals surface area contributed by atoms with Crippen molar-refractivity contribution >= 4 is 168 Å². The Bertz CT molecular complexity index is 3070. The molecule has 5 rings (SSSR count). The number of allylic oxidation sites excluding steroid dienone is 5. The fraction of sp³-hybridized carbons (Fsp3) is 0.250. The van der Waals surface area contributed by atoms with Gasteiger partial charge in [-0.25, -0.2) is 18.6 Å². The van der Waals surface area contributed by atoms with Gasteiger partial charge in [-0.1, -0.05) is 151 Å². The van der Waals surface area contributed by atoms with Crippen molar-refractivity contribution in [1.29, 1.82) is 0 Å². The van der Waals surface area contributed by atoms with E-state index < -0.39 is 31.7 Å². The van der Waals surface area contributed by atoms with E-state index in [0.29, 0.717) is 29.6 Å². The largest absolute Gasteiger partial charge is 0.497 e. The van der Waals surface area contributed by atoms with Crippen LogP contribution in [0.2, 0.25) is 0 Å². The van der Waals surface area contributed by atoms with Gasteiger partial charge in [-0.3, -0.25) is 19.2 Å². The fourth-order valence-electron chi connectivity index (χ4n) is 5.52. The number of hydrogen-bond acceptors (Lipinski definition) is 18. The number of thiol groups is 1. The summed E-state index contributed by atoms with van der Waals surface area (Å²) < 4.78 is 33.9. The number of rotatable bonds is 24. The number of aryl methyl sites for hydroxylation is 2. The van der Waals surface area contributed by atoms with E-state index in [1.807, 2.05) is 117 Å². The number of carbonyl (C=O) groups is 7. The molecule has 0 amide bonds. The Hall–Kier alpha value is -6.77. The second-order valence-corrected chi connectivity index (χ2v) is 25.0. The Morgan fingerprint density at radius 2 is 0.840 bits per heavy atom. The van der Waals surface area contributed by atoms with Crippen LogP contribution in [0.5, 0.6) is 17.2 Å². The van der Waals surface area contributed by atoms with Crippen LogP contribution in [0.25, 0.3) is 30.4 Å². The standard InChI is InChI=1S/C16H18O3S.C12H14O3S.C11H12O.C10H9ClO2.C10H10O3.C4H5ClO.C4H10O2S2.CH4.Cl2OS.H2O/c1-3-4-16(18)20-12-11-19-15(17)10-9-14-7-5-13(2)6-8-14;1-14-11-5-2-10(3-6-11)4-7-12(13)15-8-9-16;1-9-3-6-11(7-4-9)8-5-10(2)12;2*1-13-9-5-2-8(3-6-9)4-7-10(11)12;1-2-3-4(5)6;5-1-3-8(7)4-2-6;;1-4(2)3;/h3-10H,11-12H2,1-2H3;2-7,16H,8-9H2,1H3;3-8H,1-2H3;2-7H,1H3;2-7H,1H3,(H,11,12);2-3H,1H3;5-6H,1-4H2;1H4;;1H2/b4-3+,10-9+;7-4+;;2*7-4+;;;;;. The molecule has 0 bridgehead atoms. The average molecular weight is 1480 g/mol. The normalized spacial score (nSPS) is 10.2. The van der Waals surface area contributed by atoms with Crippen molar-refractivity contribution in [2.45, 2.75) is 42.0 Å². The van der Waals surface area contributed by atoms with Gasteiger partial charge >= 0.3 is 17.9 Å². The molecule has 0 unspecified atom stereocenters. The molecule has 0 atom stereocenters. The van der Waals surface area contributed by atoms with Crippen LogP contribution in [-0.2, 0) is 72.9 Å². The summed E-state index contributed by atoms with van der Waals surface area (Å²) >= 11 is 19.9. The Labute approximate surface area is 591 Å². The minimum Gasteiger partial charge on any atom is -0.497 e. The van der Waals surface area contributed by atoms with E-state index in [4.69, 9.17) is 77.6 Å². The zero-order chi connectivity index (χ0) is 69.9. The predicted octanol–water partition coefficient (Wildman–Crippen LogP) is 13.7. The first kappa shape index (κ1) is 95.9. The molecule has 0 spiro atoms. The van der Waals surface area contributed by atoms with E-state index in [0.717, 1.165) is 62.9 Å². The van der Waals surface area contributed by atoms with Crippen LogP contribution in [0.15, 0.2) is 176 Å². The summed E-state index contributed by atoms with van der Waals surface area (Å²) in [7, 11) is 12.0. The van der Waals surface area contributed by atoms with Crippen molar-refractivity contribution in [3.8, 4) is 17.2 Å². The Kier molecular flexibility index (Phi) is 66.2. The summed E-state index contributed by atoms with van der Waals surface area (Å²) in [4.78, 5) is 74.6. The van der Waals surface area contributed by atoms with Crippen molar-refractivity contribution in [3.63, 3.8) is 0 Å². The molecule has 0 saturated carbocycles. The lowest BCUT2D eigenvalue weighted by Gasteiger charge is -2.00. The average Bonchev–Trinajstić information content (AvgIpc) is 1.47. The maximum absolute atomic E-state index is 11.4. The first-order valence-corrected chi connectivity index (χ1v) is 34.7. The third-order valence-electron chi connectivity index (χ3n) is 9.81. The molecule has 0 heterocycles. The Morgan fingerprint density at radius 3 is 1.12 bits per heavy atom. The number of aliphatic hydroxyl groups is 2. The first-order chi connectivity index (χ1) is 43.8. The maximum Gasteiger partial charge on any atom is 0.330 e. The molecule has 0 aliphatic heterocycles. The summed E-state index contributed by atoms with van der Waals surface area (Å²) in [5.74, 6) is 3.00. The number of methoxy groups -OCH3 is 3. The van der Waals surface area contributed by atoms with Crippen LogP contribution in [-0.4, -0.2) is 135 Å². The van der Waals surface area contributed by atoms with Crippen molar-refractivity contribution in [3.05, 3.63) is 215 Å². The van der Waals surface area contributed by atoms with Crippen molar-refractivity contribution in [2.75, 3.05) is 70.8 Å². The molecule has 94 heavy (non-hydrogen) atoms. The number of aliphatic carboxylic acids is 1. The lowest BCUT2D eigenvalue weighted by Crippen LogP contribution is -2.07. The van der Waals surface area contributed by atoms with Crippen molar-refractivity contribution in [2.24, 2.45) is 0 Å². The lowest BCUT2D eigenvalue weighted by atomic mass is 10.1. The highest BCUT2D eigenvalue weighted by molar-refractivity contribution is 8.28. The van der Waals surface area contributed by atoms with Gasteiger partial charge in [0.2, 0.25) is 24.8 Å². The molecule has 516 valence electrons. The SMILES string of the molecule is C.C/C=C/C(=O)SCCOC(=O)/C=C/c1ccc(C)cc1.CC(=O)C=Cc1ccc(C)cc1.CC=CC(=O)Cl.COc1ccc(/C=C/C(=O)Cl)cc1.COc1ccc(/C=C/C(=O)O)cc1.COc1ccc(/C=C/C(=O)OCCS)cc1.O.O=S(Cl)Cl.OCCS(=S)CCO. The summed E-state index contributed by atoms with van der Waals surface area (Å²) in [6.07, 6.45) is 21.2. The van der Waals surface area contributed by atoms with Crippen LogP contribution in [0.4, 0.5) is 0 Å².